The quantitative estimate of drug-likeness (QED) is 0.668. The molecule has 0 unspecified atom stereocenters. The van der Waals surface area contributed by atoms with Gasteiger partial charge in [-0.05, 0) is 24.8 Å². The Bertz CT molecular complexity index is 445. The number of nitrogens with one attached hydrogen (secondary N) is 2. The first-order chi connectivity index (χ1) is 11.3. The Morgan fingerprint density at radius 1 is 1.26 bits per heavy atom. The number of benzene rings is 1. The molecule has 0 spiro atoms. The van der Waals surface area contributed by atoms with Crippen LogP contribution in [0.2, 0.25) is 0 Å². The molecule has 1 aromatic rings. The summed E-state index contributed by atoms with van der Waals surface area (Å²) in [7, 11) is 1.66. The highest BCUT2D eigenvalue weighted by atomic mass is 16.5. The van der Waals surface area contributed by atoms with Crippen LogP contribution in [0.15, 0.2) is 30.3 Å². The zero-order valence-corrected chi connectivity index (χ0v) is 14.1. The Kier molecular flexibility index (Phi) is 8.07. The Morgan fingerprint density at radius 2 is 2.00 bits per heavy atom. The second-order valence-corrected chi connectivity index (χ2v) is 6.09. The predicted molar refractivity (Wildman–Crippen MR) is 92.5 cm³/mol. The van der Waals surface area contributed by atoms with E-state index >= 15 is 0 Å². The van der Waals surface area contributed by atoms with Gasteiger partial charge in [-0.2, -0.15) is 0 Å². The number of hydrogen-bond donors (Lipinski definition) is 2. The van der Waals surface area contributed by atoms with Gasteiger partial charge in [0.15, 0.2) is 0 Å². The monoisotopic (exact) mass is 319 g/mol. The SMILES string of the molecule is COCCNCC(=O)NC1CCN(CCc2ccccc2)CC1. The Hall–Kier alpha value is -1.43. The first-order valence-electron chi connectivity index (χ1n) is 8.53. The molecule has 128 valence electrons. The molecule has 2 N–H and O–H groups in total. The van der Waals surface area contributed by atoms with E-state index in [0.717, 1.165) is 38.9 Å². The zero-order valence-electron chi connectivity index (χ0n) is 14.1. The van der Waals surface area contributed by atoms with E-state index in [-0.39, 0.29) is 5.91 Å². The first-order valence-corrected chi connectivity index (χ1v) is 8.53. The fourth-order valence-corrected chi connectivity index (χ4v) is 2.89. The number of carbonyl (C=O) groups is 1. The number of amides is 1. The van der Waals surface area contributed by atoms with Crippen LogP contribution in [-0.2, 0) is 16.0 Å². The molecule has 1 amide bonds. The third-order valence-electron chi connectivity index (χ3n) is 4.28. The van der Waals surface area contributed by atoms with E-state index in [1.54, 1.807) is 7.11 Å². The molecule has 23 heavy (non-hydrogen) atoms. The molecule has 1 aliphatic heterocycles. The van der Waals surface area contributed by atoms with E-state index in [0.29, 0.717) is 25.7 Å². The van der Waals surface area contributed by atoms with Gasteiger partial charge in [0.25, 0.3) is 0 Å². The van der Waals surface area contributed by atoms with Crippen molar-refractivity contribution in [1.82, 2.24) is 15.5 Å². The maximum Gasteiger partial charge on any atom is 0.234 e. The molecule has 0 bridgehead atoms. The van der Waals surface area contributed by atoms with E-state index in [1.165, 1.54) is 5.56 Å². The molecule has 1 saturated heterocycles. The van der Waals surface area contributed by atoms with Crippen molar-refractivity contribution in [3.8, 4) is 0 Å². The number of nitrogens with zero attached hydrogens (tertiary/aromatic N) is 1. The molecule has 0 atom stereocenters. The highest BCUT2D eigenvalue weighted by molar-refractivity contribution is 5.78. The van der Waals surface area contributed by atoms with Crippen LogP contribution in [0.25, 0.3) is 0 Å². The van der Waals surface area contributed by atoms with Crippen LogP contribution in [0, 0.1) is 0 Å². The van der Waals surface area contributed by atoms with E-state index < -0.39 is 0 Å². The molecule has 0 radical (unpaired) electrons. The molecular weight excluding hydrogens is 290 g/mol. The number of rotatable bonds is 9. The topological polar surface area (TPSA) is 53.6 Å². The molecule has 2 rings (SSSR count). The van der Waals surface area contributed by atoms with Gasteiger partial charge in [0, 0.05) is 39.3 Å². The van der Waals surface area contributed by atoms with Crippen LogP contribution in [-0.4, -0.2) is 63.3 Å². The summed E-state index contributed by atoms with van der Waals surface area (Å²) in [5.74, 6) is 0.0869. The third-order valence-corrected chi connectivity index (χ3v) is 4.28. The van der Waals surface area contributed by atoms with Gasteiger partial charge in [0.05, 0.1) is 13.2 Å². The molecule has 0 saturated carbocycles. The molecule has 1 aliphatic rings. The van der Waals surface area contributed by atoms with Gasteiger partial charge in [-0.15, -0.1) is 0 Å². The van der Waals surface area contributed by atoms with Gasteiger partial charge in [-0.3, -0.25) is 4.79 Å². The molecule has 5 heteroatoms. The van der Waals surface area contributed by atoms with Crippen molar-refractivity contribution in [2.75, 3.05) is 46.4 Å². The molecule has 1 heterocycles. The third kappa shape index (κ3) is 7.12. The normalized spacial score (nSPS) is 16.4. The lowest BCUT2D eigenvalue weighted by Crippen LogP contribution is -2.47. The van der Waals surface area contributed by atoms with Gasteiger partial charge in [-0.25, -0.2) is 0 Å². The van der Waals surface area contributed by atoms with Crippen LogP contribution in [0.5, 0.6) is 0 Å². The lowest BCUT2D eigenvalue weighted by atomic mass is 10.0. The minimum Gasteiger partial charge on any atom is -0.383 e. The van der Waals surface area contributed by atoms with Crippen LogP contribution in [0.4, 0.5) is 0 Å². The molecular formula is C18H29N3O2. The largest absolute Gasteiger partial charge is 0.383 e. The summed E-state index contributed by atoms with van der Waals surface area (Å²) in [5, 5.41) is 6.20. The average molecular weight is 319 g/mol. The zero-order chi connectivity index (χ0) is 16.3. The highest BCUT2D eigenvalue weighted by Gasteiger charge is 2.20. The maximum absolute atomic E-state index is 11.8. The van der Waals surface area contributed by atoms with E-state index in [2.05, 4.69) is 45.9 Å². The molecule has 5 nitrogen and oxygen atoms in total. The number of ether oxygens (including phenoxy) is 1. The van der Waals surface area contributed by atoms with Crippen molar-refractivity contribution < 1.29 is 9.53 Å². The maximum atomic E-state index is 11.8. The number of carbonyl (C=O) groups excluding carboxylic acids is 1. The van der Waals surface area contributed by atoms with Crippen molar-refractivity contribution in [2.45, 2.75) is 25.3 Å². The minimum absolute atomic E-state index is 0.0869. The number of hydrogen-bond acceptors (Lipinski definition) is 4. The second-order valence-electron chi connectivity index (χ2n) is 6.09. The van der Waals surface area contributed by atoms with Crippen molar-refractivity contribution >= 4 is 5.91 Å². The van der Waals surface area contributed by atoms with E-state index in [4.69, 9.17) is 4.74 Å². The van der Waals surface area contributed by atoms with Crippen molar-refractivity contribution in [1.29, 1.82) is 0 Å². The summed E-state index contributed by atoms with van der Waals surface area (Å²) in [6.07, 6.45) is 3.18. The highest BCUT2D eigenvalue weighted by Crippen LogP contribution is 2.11. The van der Waals surface area contributed by atoms with Gasteiger partial charge < -0.3 is 20.3 Å². The van der Waals surface area contributed by atoms with Gasteiger partial charge >= 0.3 is 0 Å². The van der Waals surface area contributed by atoms with Crippen molar-refractivity contribution in [3.05, 3.63) is 35.9 Å². The van der Waals surface area contributed by atoms with Crippen LogP contribution in [0.1, 0.15) is 18.4 Å². The first kappa shape index (κ1) is 17.9. The molecule has 1 fully saturated rings. The summed E-state index contributed by atoms with van der Waals surface area (Å²) in [5.41, 5.74) is 1.39. The number of piperidine rings is 1. The molecule has 1 aromatic carbocycles. The standard InChI is InChI=1S/C18H29N3O2/c1-23-14-10-19-15-18(22)20-17-8-12-21(13-9-17)11-7-16-5-3-2-4-6-16/h2-6,17,19H,7-15H2,1H3,(H,20,22). The van der Waals surface area contributed by atoms with Crippen LogP contribution in [0.3, 0.4) is 0 Å². The second kappa shape index (κ2) is 10.4. The summed E-state index contributed by atoms with van der Waals surface area (Å²) < 4.78 is 4.94. The van der Waals surface area contributed by atoms with Crippen molar-refractivity contribution in [3.63, 3.8) is 0 Å². The van der Waals surface area contributed by atoms with Gasteiger partial charge in [-0.1, -0.05) is 30.3 Å². The van der Waals surface area contributed by atoms with Crippen LogP contribution < -0.4 is 10.6 Å². The van der Waals surface area contributed by atoms with Gasteiger partial charge in [0.1, 0.15) is 0 Å². The smallest absolute Gasteiger partial charge is 0.234 e. The van der Waals surface area contributed by atoms with Crippen molar-refractivity contribution in [2.24, 2.45) is 0 Å². The summed E-state index contributed by atoms with van der Waals surface area (Å²) in [6, 6.07) is 10.9. The van der Waals surface area contributed by atoms with E-state index in [9.17, 15) is 4.79 Å². The van der Waals surface area contributed by atoms with Gasteiger partial charge in [0.2, 0.25) is 5.91 Å². The average Bonchev–Trinajstić information content (AvgIpc) is 2.59. The van der Waals surface area contributed by atoms with Crippen LogP contribution >= 0.6 is 0 Å². The summed E-state index contributed by atoms with van der Waals surface area (Å²) in [4.78, 5) is 14.3. The fourth-order valence-electron chi connectivity index (χ4n) is 2.89. The fraction of sp³-hybridized carbons (Fsp3) is 0.611. The number of methoxy groups -OCH3 is 1. The lowest BCUT2D eigenvalue weighted by Gasteiger charge is -2.32. The summed E-state index contributed by atoms with van der Waals surface area (Å²) >= 11 is 0. The summed E-state index contributed by atoms with van der Waals surface area (Å²) in [6.45, 7) is 4.94. The molecule has 0 aromatic heterocycles. The lowest BCUT2D eigenvalue weighted by molar-refractivity contribution is -0.121. The number of likely N-dealkylation sites (tertiary alicyclic amines) is 1. The Labute approximate surface area is 139 Å². The minimum atomic E-state index is 0.0869. The Balaban J connectivity index is 1.57. The predicted octanol–water partition coefficient (Wildman–Crippen LogP) is 1.05. The van der Waals surface area contributed by atoms with E-state index in [1.807, 2.05) is 0 Å². The Morgan fingerprint density at radius 3 is 2.70 bits per heavy atom. The molecule has 0 aliphatic carbocycles.